The van der Waals surface area contributed by atoms with Crippen molar-refractivity contribution in [3.63, 3.8) is 0 Å². The van der Waals surface area contributed by atoms with Crippen molar-refractivity contribution in [1.29, 1.82) is 0 Å². The zero-order valence-electron chi connectivity index (χ0n) is 13.1. The summed E-state index contributed by atoms with van der Waals surface area (Å²) in [6.45, 7) is 0.463. The molecule has 0 N–H and O–H groups in total. The Morgan fingerprint density at radius 2 is 1.88 bits per heavy atom. The number of carbonyl (C=O) groups excluding carboxylic acids is 1. The molecule has 24 heavy (non-hydrogen) atoms. The second kappa shape index (κ2) is 6.00. The molecule has 2 aromatic carbocycles. The number of oxazole rings is 1. The molecule has 0 bridgehead atoms. The van der Waals surface area contributed by atoms with Gasteiger partial charge in [0.15, 0.2) is 5.58 Å². The van der Waals surface area contributed by atoms with Crippen LogP contribution in [0.25, 0.3) is 11.1 Å². The number of esters is 1. The van der Waals surface area contributed by atoms with Crippen molar-refractivity contribution >= 4 is 17.1 Å². The maximum Gasteiger partial charge on any atom is 0.420 e. The third kappa shape index (κ3) is 2.73. The van der Waals surface area contributed by atoms with Gasteiger partial charge in [-0.25, -0.2) is 4.79 Å². The summed E-state index contributed by atoms with van der Waals surface area (Å²) in [6.07, 6.45) is 0.831. The zero-order chi connectivity index (χ0) is 16.5. The number of para-hydroxylation sites is 2. The number of fused-ring (bicyclic) bond motifs is 1. The van der Waals surface area contributed by atoms with Crippen LogP contribution >= 0.6 is 0 Å². The molecule has 0 saturated heterocycles. The van der Waals surface area contributed by atoms with Crippen molar-refractivity contribution in [1.82, 2.24) is 4.57 Å². The second-order valence-electron chi connectivity index (χ2n) is 6.01. The topological polar surface area (TPSA) is 61.4 Å². The molecule has 1 saturated carbocycles. The van der Waals surface area contributed by atoms with E-state index in [1.165, 1.54) is 10.1 Å². The van der Waals surface area contributed by atoms with Gasteiger partial charge < -0.3 is 9.15 Å². The average Bonchev–Trinajstić information content (AvgIpc) is 3.35. The summed E-state index contributed by atoms with van der Waals surface area (Å²) >= 11 is 0. The van der Waals surface area contributed by atoms with Crippen molar-refractivity contribution in [3.05, 3.63) is 70.7 Å². The molecule has 5 nitrogen and oxygen atoms in total. The molecule has 0 aliphatic heterocycles. The molecule has 1 fully saturated rings. The number of hydrogen-bond acceptors (Lipinski definition) is 4. The van der Waals surface area contributed by atoms with Gasteiger partial charge in [-0.3, -0.25) is 9.36 Å². The number of carbonyl (C=O) groups is 1. The van der Waals surface area contributed by atoms with E-state index in [-0.39, 0.29) is 24.4 Å². The van der Waals surface area contributed by atoms with Gasteiger partial charge in [-0.15, -0.1) is 0 Å². The van der Waals surface area contributed by atoms with E-state index in [4.69, 9.17) is 9.15 Å². The van der Waals surface area contributed by atoms with Crippen LogP contribution in [0.15, 0.2) is 63.8 Å². The summed E-state index contributed by atoms with van der Waals surface area (Å²) < 4.78 is 12.0. The minimum Gasteiger partial charge on any atom is -0.464 e. The molecule has 1 aliphatic carbocycles. The molecule has 0 unspecified atom stereocenters. The van der Waals surface area contributed by atoms with Gasteiger partial charge in [-0.2, -0.15) is 0 Å². The number of benzene rings is 2. The first-order valence-corrected chi connectivity index (χ1v) is 8.04. The Morgan fingerprint density at radius 1 is 1.12 bits per heavy atom. The maximum atomic E-state index is 12.1. The Labute approximate surface area is 138 Å². The first-order chi connectivity index (χ1) is 11.7. The largest absolute Gasteiger partial charge is 0.464 e. The van der Waals surface area contributed by atoms with Gasteiger partial charge in [0.2, 0.25) is 0 Å². The van der Waals surface area contributed by atoms with Crippen LogP contribution in [-0.4, -0.2) is 17.1 Å². The van der Waals surface area contributed by atoms with Gasteiger partial charge >= 0.3 is 11.7 Å². The van der Waals surface area contributed by atoms with E-state index in [0.29, 0.717) is 17.6 Å². The van der Waals surface area contributed by atoms with Crippen molar-refractivity contribution in [3.8, 4) is 0 Å². The standard InChI is InChI=1S/C19H17NO4/c21-18(15-12-14(15)13-6-2-1-3-7-13)23-11-10-20-16-8-4-5-9-17(16)24-19(20)22/h1-9,14-15H,10-12H2/t14-,15-/m0/s1. The van der Waals surface area contributed by atoms with Crippen LogP contribution in [-0.2, 0) is 16.1 Å². The van der Waals surface area contributed by atoms with Crippen molar-refractivity contribution in [2.75, 3.05) is 6.61 Å². The van der Waals surface area contributed by atoms with Gasteiger partial charge in [-0.1, -0.05) is 42.5 Å². The third-order valence-corrected chi connectivity index (χ3v) is 4.45. The van der Waals surface area contributed by atoms with Crippen LogP contribution in [0.3, 0.4) is 0 Å². The van der Waals surface area contributed by atoms with Gasteiger partial charge in [0, 0.05) is 0 Å². The van der Waals surface area contributed by atoms with E-state index in [2.05, 4.69) is 0 Å². The van der Waals surface area contributed by atoms with Gasteiger partial charge in [0.05, 0.1) is 18.0 Å². The van der Waals surface area contributed by atoms with E-state index in [9.17, 15) is 9.59 Å². The summed E-state index contributed by atoms with van der Waals surface area (Å²) in [5, 5.41) is 0. The monoisotopic (exact) mass is 323 g/mol. The Morgan fingerprint density at radius 3 is 2.71 bits per heavy atom. The predicted molar refractivity (Wildman–Crippen MR) is 88.7 cm³/mol. The molecular weight excluding hydrogens is 306 g/mol. The lowest BCUT2D eigenvalue weighted by atomic mass is 10.1. The number of hydrogen-bond donors (Lipinski definition) is 0. The summed E-state index contributed by atoms with van der Waals surface area (Å²) in [5.41, 5.74) is 2.43. The molecular formula is C19H17NO4. The Kier molecular flexibility index (Phi) is 3.69. The minimum atomic E-state index is -0.430. The van der Waals surface area contributed by atoms with Gasteiger partial charge in [0.1, 0.15) is 6.61 Å². The van der Waals surface area contributed by atoms with Gasteiger partial charge in [-0.05, 0) is 30.0 Å². The van der Waals surface area contributed by atoms with E-state index in [1.54, 1.807) is 6.07 Å². The van der Waals surface area contributed by atoms with Crippen molar-refractivity contribution < 1.29 is 13.9 Å². The van der Waals surface area contributed by atoms with E-state index < -0.39 is 5.76 Å². The fraction of sp³-hybridized carbons (Fsp3) is 0.263. The number of nitrogens with zero attached hydrogens (tertiary/aromatic N) is 1. The van der Waals surface area contributed by atoms with Crippen LogP contribution in [0.2, 0.25) is 0 Å². The number of rotatable bonds is 5. The van der Waals surface area contributed by atoms with Gasteiger partial charge in [0.25, 0.3) is 0 Å². The molecule has 2 atom stereocenters. The first kappa shape index (κ1) is 14.8. The highest BCUT2D eigenvalue weighted by atomic mass is 16.5. The lowest BCUT2D eigenvalue weighted by molar-refractivity contribution is -0.145. The molecule has 4 rings (SSSR count). The SMILES string of the molecule is O=C(OCCn1c(=O)oc2ccccc21)[C@H]1C[C@H]1c1ccccc1. The summed E-state index contributed by atoms with van der Waals surface area (Å²) in [7, 11) is 0. The maximum absolute atomic E-state index is 12.1. The average molecular weight is 323 g/mol. The third-order valence-electron chi connectivity index (χ3n) is 4.45. The number of aromatic nitrogens is 1. The highest BCUT2D eigenvalue weighted by Crippen LogP contribution is 2.47. The first-order valence-electron chi connectivity index (χ1n) is 8.04. The van der Waals surface area contributed by atoms with E-state index in [1.807, 2.05) is 48.5 Å². The van der Waals surface area contributed by atoms with Crippen LogP contribution in [0, 0.1) is 5.92 Å². The summed E-state index contributed by atoms with van der Waals surface area (Å²) in [5.74, 6) is -0.424. The molecule has 0 spiro atoms. The Hall–Kier alpha value is -2.82. The summed E-state index contributed by atoms with van der Waals surface area (Å²) in [4.78, 5) is 24.0. The number of ether oxygens (including phenoxy) is 1. The second-order valence-corrected chi connectivity index (χ2v) is 6.01. The lowest BCUT2D eigenvalue weighted by Gasteiger charge is -2.05. The van der Waals surface area contributed by atoms with E-state index >= 15 is 0 Å². The normalized spacial score (nSPS) is 19.3. The smallest absolute Gasteiger partial charge is 0.420 e. The fourth-order valence-corrected chi connectivity index (χ4v) is 3.09. The molecule has 1 aliphatic rings. The van der Waals surface area contributed by atoms with Crippen LogP contribution in [0.1, 0.15) is 17.9 Å². The molecule has 122 valence electrons. The highest BCUT2D eigenvalue weighted by molar-refractivity contribution is 5.77. The molecule has 3 aromatic rings. The lowest BCUT2D eigenvalue weighted by Crippen LogP contribution is -2.19. The van der Waals surface area contributed by atoms with Crippen molar-refractivity contribution in [2.45, 2.75) is 18.9 Å². The minimum absolute atomic E-state index is 0.0646. The molecule has 1 heterocycles. The van der Waals surface area contributed by atoms with Crippen LogP contribution < -0.4 is 5.76 Å². The molecule has 0 amide bonds. The van der Waals surface area contributed by atoms with Crippen molar-refractivity contribution in [2.24, 2.45) is 5.92 Å². The predicted octanol–water partition coefficient (Wildman–Crippen LogP) is 2.94. The zero-order valence-corrected chi connectivity index (χ0v) is 13.1. The van der Waals surface area contributed by atoms with Crippen LogP contribution in [0.5, 0.6) is 0 Å². The Balaban J connectivity index is 1.35. The Bertz CT molecular complexity index is 925. The molecule has 0 radical (unpaired) electrons. The quantitative estimate of drug-likeness (QED) is 0.677. The summed E-state index contributed by atoms with van der Waals surface area (Å²) in [6, 6.07) is 17.2. The van der Waals surface area contributed by atoms with Crippen LogP contribution in [0.4, 0.5) is 0 Å². The fourth-order valence-electron chi connectivity index (χ4n) is 3.09. The highest BCUT2D eigenvalue weighted by Gasteiger charge is 2.45. The molecule has 5 heteroatoms. The van der Waals surface area contributed by atoms with E-state index in [0.717, 1.165) is 6.42 Å². The molecule has 1 aromatic heterocycles.